The standard InChI is InChI=1S/C23H22N6O/c30-23(27-19-16-24-12-11-21(19)28-13-4-1-5-14-28)18-8-6-10-22(26-18)29-20-9-3-2-7-17(20)15-25-29/h2-3,6-12,15-16H,1,4-5,13-14H2,(H,27,30). The molecule has 0 radical (unpaired) electrons. The molecule has 5 rings (SSSR count). The molecule has 150 valence electrons. The van der Waals surface area contributed by atoms with Crippen LogP contribution in [0.2, 0.25) is 0 Å². The Kier molecular flexibility index (Phi) is 4.85. The van der Waals surface area contributed by atoms with E-state index in [1.165, 1.54) is 6.42 Å². The van der Waals surface area contributed by atoms with Crippen molar-refractivity contribution >= 4 is 28.2 Å². The van der Waals surface area contributed by atoms with Gasteiger partial charge in [0.1, 0.15) is 5.69 Å². The molecule has 1 fully saturated rings. The van der Waals surface area contributed by atoms with Crippen molar-refractivity contribution in [2.45, 2.75) is 19.3 Å². The molecule has 0 aliphatic carbocycles. The van der Waals surface area contributed by atoms with Crippen molar-refractivity contribution in [2.24, 2.45) is 0 Å². The molecule has 1 N–H and O–H groups in total. The molecule has 0 unspecified atom stereocenters. The van der Waals surface area contributed by atoms with Gasteiger partial charge < -0.3 is 10.2 Å². The third kappa shape index (κ3) is 3.50. The van der Waals surface area contributed by atoms with Gasteiger partial charge in [0.15, 0.2) is 5.82 Å². The number of pyridine rings is 2. The van der Waals surface area contributed by atoms with Gasteiger partial charge in [0.05, 0.1) is 29.3 Å². The first-order valence-electron chi connectivity index (χ1n) is 10.2. The molecule has 4 aromatic rings. The summed E-state index contributed by atoms with van der Waals surface area (Å²) < 4.78 is 1.75. The normalized spacial score (nSPS) is 14.1. The number of para-hydroxylation sites is 1. The van der Waals surface area contributed by atoms with Crippen molar-refractivity contribution in [1.29, 1.82) is 0 Å². The Balaban J connectivity index is 1.42. The number of nitrogens with zero attached hydrogens (tertiary/aromatic N) is 5. The molecule has 1 aromatic carbocycles. The maximum Gasteiger partial charge on any atom is 0.274 e. The second-order valence-corrected chi connectivity index (χ2v) is 7.39. The average molecular weight is 398 g/mol. The van der Waals surface area contributed by atoms with Crippen LogP contribution in [0.4, 0.5) is 11.4 Å². The van der Waals surface area contributed by atoms with Gasteiger partial charge in [0, 0.05) is 24.7 Å². The number of anilines is 2. The van der Waals surface area contributed by atoms with Crippen molar-refractivity contribution in [2.75, 3.05) is 23.3 Å². The van der Waals surface area contributed by atoms with Gasteiger partial charge in [-0.15, -0.1) is 0 Å². The Morgan fingerprint density at radius 3 is 2.70 bits per heavy atom. The van der Waals surface area contributed by atoms with Crippen LogP contribution in [0.25, 0.3) is 16.7 Å². The number of nitrogens with one attached hydrogen (secondary N) is 1. The van der Waals surface area contributed by atoms with Crippen LogP contribution < -0.4 is 10.2 Å². The third-order valence-electron chi connectivity index (χ3n) is 5.40. The van der Waals surface area contributed by atoms with E-state index in [9.17, 15) is 4.79 Å². The number of aromatic nitrogens is 4. The van der Waals surface area contributed by atoms with E-state index >= 15 is 0 Å². The zero-order chi connectivity index (χ0) is 20.3. The van der Waals surface area contributed by atoms with Crippen molar-refractivity contribution in [3.63, 3.8) is 0 Å². The van der Waals surface area contributed by atoms with Crippen LogP contribution in [0.15, 0.2) is 67.1 Å². The van der Waals surface area contributed by atoms with Crippen LogP contribution in [0, 0.1) is 0 Å². The van der Waals surface area contributed by atoms with Gasteiger partial charge in [-0.1, -0.05) is 24.3 Å². The Bertz CT molecular complexity index is 1200. The molecule has 7 heteroatoms. The van der Waals surface area contributed by atoms with Crippen molar-refractivity contribution < 1.29 is 4.79 Å². The molecule has 30 heavy (non-hydrogen) atoms. The number of fused-ring (bicyclic) bond motifs is 1. The average Bonchev–Trinajstić information content (AvgIpc) is 3.24. The minimum absolute atomic E-state index is 0.264. The van der Waals surface area contributed by atoms with Crippen LogP contribution in [0.5, 0.6) is 0 Å². The number of rotatable bonds is 4. The molecular weight excluding hydrogens is 376 g/mol. The number of piperidine rings is 1. The zero-order valence-corrected chi connectivity index (χ0v) is 16.5. The second kappa shape index (κ2) is 7.94. The highest BCUT2D eigenvalue weighted by Gasteiger charge is 2.17. The first kappa shape index (κ1) is 18.3. The summed E-state index contributed by atoms with van der Waals surface area (Å²) in [4.78, 5) is 24.1. The highest BCUT2D eigenvalue weighted by Crippen LogP contribution is 2.27. The first-order chi connectivity index (χ1) is 14.8. The Morgan fingerprint density at radius 2 is 1.80 bits per heavy atom. The molecule has 1 aliphatic rings. The van der Waals surface area contributed by atoms with Crippen molar-refractivity contribution in [3.8, 4) is 5.82 Å². The largest absolute Gasteiger partial charge is 0.370 e. The quantitative estimate of drug-likeness (QED) is 0.561. The molecule has 0 atom stereocenters. The summed E-state index contributed by atoms with van der Waals surface area (Å²) in [5.74, 6) is 0.339. The summed E-state index contributed by atoms with van der Waals surface area (Å²) in [5, 5.41) is 8.45. The highest BCUT2D eigenvalue weighted by molar-refractivity contribution is 6.04. The van der Waals surface area contributed by atoms with Crippen molar-refractivity contribution in [3.05, 3.63) is 72.8 Å². The van der Waals surface area contributed by atoms with Gasteiger partial charge in [-0.05, 0) is 43.5 Å². The van der Waals surface area contributed by atoms with Gasteiger partial charge >= 0.3 is 0 Å². The number of amides is 1. The summed E-state index contributed by atoms with van der Waals surface area (Å²) in [5.41, 5.74) is 3.00. The monoisotopic (exact) mass is 398 g/mol. The van der Waals surface area contributed by atoms with Crippen LogP contribution in [0.1, 0.15) is 29.8 Å². The zero-order valence-electron chi connectivity index (χ0n) is 16.5. The number of hydrogen-bond donors (Lipinski definition) is 1. The number of hydrogen-bond acceptors (Lipinski definition) is 5. The van der Waals surface area contributed by atoms with Crippen molar-refractivity contribution in [1.82, 2.24) is 19.7 Å². The maximum absolute atomic E-state index is 13.0. The van der Waals surface area contributed by atoms with E-state index < -0.39 is 0 Å². The van der Waals surface area contributed by atoms with Gasteiger partial charge in [0.2, 0.25) is 0 Å². The molecule has 3 aromatic heterocycles. The van der Waals surface area contributed by atoms with Crippen LogP contribution in [0.3, 0.4) is 0 Å². The number of carbonyl (C=O) groups excluding carboxylic acids is 1. The Labute approximate surface area is 174 Å². The summed E-state index contributed by atoms with van der Waals surface area (Å²) in [6.45, 7) is 1.99. The molecule has 0 bridgehead atoms. The smallest absolute Gasteiger partial charge is 0.274 e. The molecule has 7 nitrogen and oxygen atoms in total. The second-order valence-electron chi connectivity index (χ2n) is 7.39. The lowest BCUT2D eigenvalue weighted by Gasteiger charge is -2.30. The van der Waals surface area contributed by atoms with E-state index in [-0.39, 0.29) is 5.91 Å². The molecule has 1 saturated heterocycles. The number of carbonyl (C=O) groups is 1. The van der Waals surface area contributed by atoms with Crippen LogP contribution >= 0.6 is 0 Å². The molecule has 4 heterocycles. The highest BCUT2D eigenvalue weighted by atomic mass is 16.1. The summed E-state index contributed by atoms with van der Waals surface area (Å²) in [6, 6.07) is 15.3. The minimum atomic E-state index is -0.264. The summed E-state index contributed by atoms with van der Waals surface area (Å²) >= 11 is 0. The lowest BCUT2D eigenvalue weighted by molar-refractivity contribution is 0.102. The van der Waals surface area contributed by atoms with Crippen LogP contribution in [-0.2, 0) is 0 Å². The van der Waals surface area contributed by atoms with E-state index in [4.69, 9.17) is 0 Å². The predicted octanol–water partition coefficient (Wildman–Crippen LogP) is 4.06. The molecule has 1 aliphatic heterocycles. The van der Waals surface area contributed by atoms with Gasteiger partial charge in [-0.3, -0.25) is 9.78 Å². The fourth-order valence-electron chi connectivity index (χ4n) is 3.90. The molecule has 0 saturated carbocycles. The van der Waals surface area contributed by atoms with E-state index in [1.54, 1.807) is 29.3 Å². The van der Waals surface area contributed by atoms with Crippen LogP contribution in [-0.4, -0.2) is 38.7 Å². The lowest BCUT2D eigenvalue weighted by Crippen LogP contribution is -2.30. The Morgan fingerprint density at radius 1 is 0.933 bits per heavy atom. The van der Waals surface area contributed by atoms with Gasteiger partial charge in [-0.2, -0.15) is 5.10 Å². The summed E-state index contributed by atoms with van der Waals surface area (Å²) in [7, 11) is 0. The molecule has 0 spiro atoms. The first-order valence-corrected chi connectivity index (χ1v) is 10.2. The molecular formula is C23H22N6O. The van der Waals surface area contributed by atoms with E-state index in [0.29, 0.717) is 17.2 Å². The molecule has 1 amide bonds. The maximum atomic E-state index is 13.0. The minimum Gasteiger partial charge on any atom is -0.370 e. The third-order valence-corrected chi connectivity index (χ3v) is 5.40. The topological polar surface area (TPSA) is 75.9 Å². The van der Waals surface area contributed by atoms with E-state index in [1.807, 2.05) is 42.5 Å². The Hall–Kier alpha value is -3.74. The summed E-state index contributed by atoms with van der Waals surface area (Å²) in [6.07, 6.45) is 8.84. The SMILES string of the molecule is O=C(Nc1cnccc1N1CCCCC1)c1cccc(-n2ncc3ccccc32)n1. The van der Waals surface area contributed by atoms with E-state index in [0.717, 1.165) is 42.5 Å². The predicted molar refractivity (Wildman–Crippen MR) is 117 cm³/mol. The fourth-order valence-corrected chi connectivity index (χ4v) is 3.90. The lowest BCUT2D eigenvalue weighted by atomic mass is 10.1. The number of benzene rings is 1. The fraction of sp³-hybridized carbons (Fsp3) is 0.217. The van der Waals surface area contributed by atoms with Gasteiger partial charge in [-0.25, -0.2) is 9.67 Å². The van der Waals surface area contributed by atoms with E-state index in [2.05, 4.69) is 25.3 Å². The van der Waals surface area contributed by atoms with Gasteiger partial charge in [0.25, 0.3) is 5.91 Å².